The average molecular weight is 269 g/mol. The molecule has 0 radical (unpaired) electrons. The van der Waals surface area contributed by atoms with Crippen LogP contribution in [0.4, 0.5) is 4.39 Å². The molecule has 0 spiro atoms. The molecule has 1 aromatic rings. The number of carbonyl (C=O) groups is 1. The van der Waals surface area contributed by atoms with Crippen molar-refractivity contribution in [3.05, 3.63) is 29.6 Å². The summed E-state index contributed by atoms with van der Waals surface area (Å²) in [4.78, 5) is 10.9. The van der Waals surface area contributed by atoms with E-state index < -0.39 is 17.7 Å². The lowest BCUT2D eigenvalue weighted by Crippen LogP contribution is -2.22. The van der Waals surface area contributed by atoms with Gasteiger partial charge in [0.25, 0.3) is 0 Å². The van der Waals surface area contributed by atoms with E-state index in [2.05, 4.69) is 5.32 Å². The highest BCUT2D eigenvalue weighted by Crippen LogP contribution is 2.26. The minimum Gasteiger partial charge on any atom is -0.491 e. The van der Waals surface area contributed by atoms with Crippen molar-refractivity contribution < 1.29 is 19.0 Å². The molecule has 0 fully saturated rings. The lowest BCUT2D eigenvalue weighted by Gasteiger charge is -2.19. The largest absolute Gasteiger partial charge is 0.491 e. The molecule has 0 amide bonds. The normalized spacial score (nSPS) is 13.9. The smallest absolute Gasteiger partial charge is 0.306 e. The predicted octanol–water partition coefficient (Wildman–Crippen LogP) is 2.60. The number of nitrogens with one attached hydrogen (secondary N) is 1. The van der Waals surface area contributed by atoms with Gasteiger partial charge < -0.3 is 15.2 Å². The summed E-state index contributed by atoms with van der Waals surface area (Å²) in [5.41, 5.74) is 0.719. The Morgan fingerprint density at radius 1 is 1.53 bits per heavy atom. The van der Waals surface area contributed by atoms with Crippen LogP contribution in [0.2, 0.25) is 0 Å². The van der Waals surface area contributed by atoms with Gasteiger partial charge in [0, 0.05) is 6.04 Å². The summed E-state index contributed by atoms with van der Waals surface area (Å²) in [5.74, 6) is -1.56. The second-order valence-electron chi connectivity index (χ2n) is 4.44. The van der Waals surface area contributed by atoms with Crippen molar-refractivity contribution in [3.8, 4) is 5.75 Å². The lowest BCUT2D eigenvalue weighted by atomic mass is 9.96. The fraction of sp³-hybridized carbons (Fsp3) is 0.500. The number of carboxylic acids is 1. The van der Waals surface area contributed by atoms with Gasteiger partial charge in [0.2, 0.25) is 0 Å². The molecule has 0 aliphatic carbocycles. The maximum atomic E-state index is 13.8. The van der Waals surface area contributed by atoms with Crippen LogP contribution < -0.4 is 10.1 Å². The van der Waals surface area contributed by atoms with Crippen LogP contribution in [0.25, 0.3) is 0 Å². The first kappa shape index (κ1) is 15.4. The highest BCUT2D eigenvalue weighted by atomic mass is 19.1. The third-order valence-electron chi connectivity index (χ3n) is 3.02. The number of carboxylic acid groups (broad SMARTS) is 1. The number of benzene rings is 1. The average Bonchev–Trinajstić information content (AvgIpc) is 2.38. The topological polar surface area (TPSA) is 58.6 Å². The number of aliphatic carboxylic acids is 1. The first-order chi connectivity index (χ1) is 8.99. The molecule has 0 aliphatic heterocycles. The van der Waals surface area contributed by atoms with E-state index in [1.54, 1.807) is 33.0 Å². The monoisotopic (exact) mass is 269 g/mol. The van der Waals surface area contributed by atoms with E-state index in [0.29, 0.717) is 13.0 Å². The number of hydrogen-bond acceptors (Lipinski definition) is 3. The van der Waals surface area contributed by atoms with E-state index in [4.69, 9.17) is 9.84 Å². The first-order valence-corrected chi connectivity index (χ1v) is 6.31. The predicted molar refractivity (Wildman–Crippen MR) is 70.8 cm³/mol. The summed E-state index contributed by atoms with van der Waals surface area (Å²) in [6, 6.07) is 4.52. The minimum atomic E-state index is -0.855. The van der Waals surface area contributed by atoms with E-state index in [1.165, 1.54) is 6.07 Å². The van der Waals surface area contributed by atoms with Crippen LogP contribution in [0, 0.1) is 11.7 Å². The van der Waals surface area contributed by atoms with Crippen LogP contribution in [-0.2, 0) is 4.79 Å². The Labute approximate surface area is 112 Å². The van der Waals surface area contributed by atoms with E-state index in [9.17, 15) is 9.18 Å². The third kappa shape index (κ3) is 4.21. The maximum absolute atomic E-state index is 13.8. The molecule has 2 unspecified atom stereocenters. The Morgan fingerprint density at radius 3 is 2.68 bits per heavy atom. The lowest BCUT2D eigenvalue weighted by molar-refractivity contribution is -0.141. The number of ether oxygens (including phenoxy) is 1. The van der Waals surface area contributed by atoms with Gasteiger partial charge in [0.1, 0.15) is 0 Å². The summed E-state index contributed by atoms with van der Waals surface area (Å²) in [5, 5.41) is 11.9. The molecule has 2 N–H and O–H groups in total. The van der Waals surface area contributed by atoms with E-state index >= 15 is 0 Å². The zero-order valence-corrected chi connectivity index (χ0v) is 11.4. The van der Waals surface area contributed by atoms with E-state index in [1.807, 2.05) is 0 Å². The first-order valence-electron chi connectivity index (χ1n) is 6.31. The van der Waals surface area contributed by atoms with Crippen LogP contribution in [0.15, 0.2) is 18.2 Å². The molecule has 1 rings (SSSR count). The Morgan fingerprint density at radius 2 is 2.21 bits per heavy atom. The Bertz CT molecular complexity index is 437. The molecule has 1 aromatic carbocycles. The third-order valence-corrected chi connectivity index (χ3v) is 3.02. The molecule has 0 saturated carbocycles. The molecule has 2 atom stereocenters. The van der Waals surface area contributed by atoms with Gasteiger partial charge in [-0.3, -0.25) is 4.79 Å². The van der Waals surface area contributed by atoms with E-state index in [0.717, 1.165) is 5.56 Å². The van der Waals surface area contributed by atoms with Gasteiger partial charge in [-0.05, 0) is 38.1 Å². The summed E-state index contributed by atoms with van der Waals surface area (Å²) < 4.78 is 18.9. The van der Waals surface area contributed by atoms with Crippen molar-refractivity contribution >= 4 is 5.97 Å². The summed E-state index contributed by atoms with van der Waals surface area (Å²) in [7, 11) is 1.73. The molecule has 106 valence electrons. The summed E-state index contributed by atoms with van der Waals surface area (Å²) in [6.07, 6.45) is 0.402. The Kier molecular flexibility index (Phi) is 5.76. The molecule has 0 saturated heterocycles. The SMILES string of the molecule is CCOc1ccc(C(CC(C)C(=O)O)NC)cc1F. The van der Waals surface area contributed by atoms with Crippen LogP contribution in [-0.4, -0.2) is 24.7 Å². The standard InChI is InChI=1S/C14H20FNO3/c1-4-19-13-6-5-10(8-11(13)15)12(16-3)7-9(2)14(17)18/h5-6,8-9,12,16H,4,7H2,1-3H3,(H,17,18). The van der Waals surface area contributed by atoms with Gasteiger partial charge in [-0.25, -0.2) is 4.39 Å². The molecule has 0 heterocycles. The Hall–Kier alpha value is -1.62. The summed E-state index contributed by atoms with van der Waals surface area (Å²) in [6.45, 7) is 3.83. The molecule has 0 bridgehead atoms. The van der Waals surface area contributed by atoms with Crippen LogP contribution >= 0.6 is 0 Å². The Balaban J connectivity index is 2.87. The van der Waals surface area contributed by atoms with Crippen molar-refractivity contribution in [2.45, 2.75) is 26.3 Å². The van der Waals surface area contributed by atoms with Crippen LogP contribution in [0.1, 0.15) is 31.9 Å². The van der Waals surface area contributed by atoms with Crippen LogP contribution in [0.5, 0.6) is 5.75 Å². The van der Waals surface area contributed by atoms with Crippen molar-refractivity contribution in [2.75, 3.05) is 13.7 Å². The van der Waals surface area contributed by atoms with Crippen molar-refractivity contribution in [3.63, 3.8) is 0 Å². The molecule has 4 nitrogen and oxygen atoms in total. The molecule has 0 aromatic heterocycles. The van der Waals surface area contributed by atoms with Crippen LogP contribution in [0.3, 0.4) is 0 Å². The van der Waals surface area contributed by atoms with Gasteiger partial charge in [-0.1, -0.05) is 13.0 Å². The van der Waals surface area contributed by atoms with Crippen molar-refractivity contribution in [1.29, 1.82) is 0 Å². The second kappa shape index (κ2) is 7.09. The highest BCUT2D eigenvalue weighted by molar-refractivity contribution is 5.69. The number of rotatable bonds is 7. The highest BCUT2D eigenvalue weighted by Gasteiger charge is 2.19. The summed E-state index contributed by atoms with van der Waals surface area (Å²) >= 11 is 0. The van der Waals surface area contributed by atoms with Gasteiger partial charge >= 0.3 is 5.97 Å². The number of halogens is 1. The molecule has 0 aliphatic rings. The van der Waals surface area contributed by atoms with Gasteiger partial charge in [-0.15, -0.1) is 0 Å². The molecular weight excluding hydrogens is 249 g/mol. The zero-order valence-electron chi connectivity index (χ0n) is 11.4. The zero-order chi connectivity index (χ0) is 14.4. The minimum absolute atomic E-state index is 0.198. The van der Waals surface area contributed by atoms with Gasteiger partial charge in [0.05, 0.1) is 12.5 Å². The molecule has 5 heteroatoms. The van der Waals surface area contributed by atoms with E-state index in [-0.39, 0.29) is 11.8 Å². The van der Waals surface area contributed by atoms with Gasteiger partial charge in [-0.2, -0.15) is 0 Å². The fourth-order valence-electron chi connectivity index (χ4n) is 1.88. The fourth-order valence-corrected chi connectivity index (χ4v) is 1.88. The quantitative estimate of drug-likeness (QED) is 0.799. The van der Waals surface area contributed by atoms with Crippen molar-refractivity contribution in [1.82, 2.24) is 5.32 Å². The van der Waals surface area contributed by atoms with Gasteiger partial charge in [0.15, 0.2) is 11.6 Å². The molecular formula is C14H20FNO3. The van der Waals surface area contributed by atoms with Crippen molar-refractivity contribution in [2.24, 2.45) is 5.92 Å². The maximum Gasteiger partial charge on any atom is 0.306 e. The second-order valence-corrected chi connectivity index (χ2v) is 4.44. The molecule has 19 heavy (non-hydrogen) atoms. The number of hydrogen-bond donors (Lipinski definition) is 2.